The molecule has 0 bridgehead atoms. The number of fused-ring (bicyclic) bond motifs is 1. The minimum atomic E-state index is -0.533. The number of amides is 1. The number of aromatic nitrogens is 4. The molecule has 41 heavy (non-hydrogen) atoms. The number of rotatable bonds is 6. The van der Waals surface area contributed by atoms with E-state index in [4.69, 9.17) is 14.7 Å². The van der Waals surface area contributed by atoms with Crippen molar-refractivity contribution >= 4 is 39.8 Å². The number of piperazine rings is 1. The lowest BCUT2D eigenvalue weighted by atomic mass is 10.1. The monoisotopic (exact) mass is 576 g/mol. The first-order valence-electron chi connectivity index (χ1n) is 13.7. The van der Waals surface area contributed by atoms with Gasteiger partial charge in [0.1, 0.15) is 33.9 Å². The van der Waals surface area contributed by atoms with Gasteiger partial charge in [0.05, 0.1) is 17.6 Å². The second kappa shape index (κ2) is 11.3. The van der Waals surface area contributed by atoms with Gasteiger partial charge in [-0.05, 0) is 58.4 Å². The molecular weight excluding hydrogens is 543 g/mol. The molecule has 0 unspecified atom stereocenters. The van der Waals surface area contributed by atoms with E-state index < -0.39 is 5.60 Å². The Labute approximate surface area is 242 Å². The molecular formula is C29H33FN8O2S. The van der Waals surface area contributed by atoms with Crippen molar-refractivity contribution in [3.8, 4) is 17.3 Å². The fourth-order valence-corrected chi connectivity index (χ4v) is 5.75. The van der Waals surface area contributed by atoms with Crippen LogP contribution in [0, 0.1) is 17.1 Å². The highest BCUT2D eigenvalue weighted by atomic mass is 32.1. The number of nitrogens with zero attached hydrogens (tertiary/aromatic N) is 8. The van der Waals surface area contributed by atoms with Crippen molar-refractivity contribution in [1.29, 1.82) is 5.26 Å². The smallest absolute Gasteiger partial charge is 0.410 e. The van der Waals surface area contributed by atoms with E-state index in [1.165, 1.54) is 23.5 Å². The van der Waals surface area contributed by atoms with Crippen LogP contribution in [0.15, 0.2) is 36.7 Å². The van der Waals surface area contributed by atoms with E-state index >= 15 is 0 Å². The van der Waals surface area contributed by atoms with E-state index in [2.05, 4.69) is 16.0 Å². The molecule has 4 heterocycles. The lowest BCUT2D eigenvalue weighted by Crippen LogP contribution is -2.50. The van der Waals surface area contributed by atoms with Crippen molar-refractivity contribution in [3.05, 3.63) is 53.0 Å². The molecule has 1 aromatic carbocycles. The number of carbonyl (C=O) groups excluding carboxylic acids is 1. The summed E-state index contributed by atoms with van der Waals surface area (Å²) in [7, 11) is 0. The Morgan fingerprint density at radius 1 is 1.15 bits per heavy atom. The highest BCUT2D eigenvalue weighted by molar-refractivity contribution is 7.16. The highest BCUT2D eigenvalue weighted by Gasteiger charge is 2.28. The van der Waals surface area contributed by atoms with Crippen LogP contribution in [0.1, 0.15) is 45.2 Å². The molecule has 1 aliphatic rings. The fraction of sp³-hybridized carbons (Fsp3) is 0.414. The molecule has 5 rings (SSSR count). The molecule has 0 aliphatic carbocycles. The molecule has 0 saturated carbocycles. The maximum atomic E-state index is 13.5. The van der Waals surface area contributed by atoms with Crippen LogP contribution in [0.4, 0.5) is 25.8 Å². The van der Waals surface area contributed by atoms with Gasteiger partial charge in [0.15, 0.2) is 5.13 Å². The number of hydrogen-bond acceptors (Lipinski definition) is 9. The average Bonchev–Trinajstić information content (AvgIpc) is 3.55. The molecule has 12 heteroatoms. The van der Waals surface area contributed by atoms with Crippen molar-refractivity contribution in [2.45, 2.75) is 46.6 Å². The highest BCUT2D eigenvalue weighted by Crippen LogP contribution is 2.38. The number of anilines is 3. The van der Waals surface area contributed by atoms with E-state index in [1.54, 1.807) is 17.0 Å². The first-order chi connectivity index (χ1) is 19.6. The van der Waals surface area contributed by atoms with E-state index in [9.17, 15) is 14.4 Å². The normalized spacial score (nSPS) is 13.9. The molecule has 0 atom stereocenters. The number of nitriles is 1. The van der Waals surface area contributed by atoms with Crippen LogP contribution in [0.25, 0.3) is 17.0 Å². The molecule has 4 aromatic rings. The summed E-state index contributed by atoms with van der Waals surface area (Å²) in [5, 5.41) is 10.5. The van der Waals surface area contributed by atoms with Crippen molar-refractivity contribution in [2.75, 3.05) is 42.5 Å². The van der Waals surface area contributed by atoms with Gasteiger partial charge in [0.25, 0.3) is 0 Å². The summed E-state index contributed by atoms with van der Waals surface area (Å²) in [5.74, 6) is 1.07. The molecule has 0 N–H and O–H groups in total. The molecule has 3 aromatic heterocycles. The van der Waals surface area contributed by atoms with Crippen molar-refractivity contribution < 1.29 is 13.9 Å². The third-order valence-electron chi connectivity index (χ3n) is 6.78. The van der Waals surface area contributed by atoms with Crippen molar-refractivity contribution in [1.82, 2.24) is 24.3 Å². The third-order valence-corrected chi connectivity index (χ3v) is 7.76. The SMILES string of the molecule is CCc1nc2ncc(N3CCN(C(=O)OC(C)(C)C)CC3)cn2c1N(CC)c1nc(-c2ccc(F)cc2)c(C#N)s1. The van der Waals surface area contributed by atoms with Crippen LogP contribution in [-0.4, -0.2) is 68.7 Å². The van der Waals surface area contributed by atoms with Gasteiger partial charge in [0.2, 0.25) is 5.78 Å². The van der Waals surface area contributed by atoms with Crippen molar-refractivity contribution in [3.63, 3.8) is 0 Å². The van der Waals surface area contributed by atoms with Gasteiger partial charge in [0, 0.05) is 44.5 Å². The Bertz CT molecular complexity index is 1590. The number of imidazole rings is 1. The summed E-state index contributed by atoms with van der Waals surface area (Å²) in [6.07, 6.45) is 4.22. The Kier molecular flexibility index (Phi) is 7.82. The Hall–Kier alpha value is -4.24. The maximum absolute atomic E-state index is 13.5. The van der Waals surface area contributed by atoms with Crippen LogP contribution in [0.5, 0.6) is 0 Å². The predicted molar refractivity (Wildman–Crippen MR) is 157 cm³/mol. The number of benzene rings is 1. The Balaban J connectivity index is 1.46. The largest absolute Gasteiger partial charge is 0.444 e. The summed E-state index contributed by atoms with van der Waals surface area (Å²) in [6.45, 7) is 12.6. The van der Waals surface area contributed by atoms with Gasteiger partial charge in [-0.3, -0.25) is 4.40 Å². The predicted octanol–water partition coefficient (Wildman–Crippen LogP) is 5.64. The Morgan fingerprint density at radius 2 is 1.85 bits per heavy atom. The zero-order chi connectivity index (χ0) is 29.3. The molecule has 1 aliphatic heterocycles. The van der Waals surface area contributed by atoms with Gasteiger partial charge in [-0.25, -0.2) is 24.1 Å². The van der Waals surface area contributed by atoms with Crippen molar-refractivity contribution in [2.24, 2.45) is 0 Å². The minimum Gasteiger partial charge on any atom is -0.444 e. The quantitative estimate of drug-likeness (QED) is 0.291. The summed E-state index contributed by atoms with van der Waals surface area (Å²) in [5.41, 5.74) is 2.46. The van der Waals surface area contributed by atoms with Gasteiger partial charge >= 0.3 is 6.09 Å². The fourth-order valence-electron chi connectivity index (χ4n) is 4.80. The summed E-state index contributed by atoms with van der Waals surface area (Å²) >= 11 is 1.29. The van der Waals surface area contributed by atoms with Gasteiger partial charge in [-0.2, -0.15) is 5.26 Å². The molecule has 0 spiro atoms. The molecule has 10 nitrogen and oxygen atoms in total. The average molecular weight is 577 g/mol. The van der Waals surface area contributed by atoms with E-state index in [0.717, 1.165) is 17.2 Å². The molecule has 1 amide bonds. The maximum Gasteiger partial charge on any atom is 0.410 e. The lowest BCUT2D eigenvalue weighted by molar-refractivity contribution is 0.0240. The second-order valence-electron chi connectivity index (χ2n) is 10.7. The van der Waals surface area contributed by atoms with Gasteiger partial charge in [-0.1, -0.05) is 18.3 Å². The summed E-state index contributed by atoms with van der Waals surface area (Å²) in [6, 6.07) is 8.26. The molecule has 214 valence electrons. The van der Waals surface area contributed by atoms with E-state index in [0.29, 0.717) is 66.2 Å². The second-order valence-corrected chi connectivity index (χ2v) is 11.7. The topological polar surface area (TPSA) is 103 Å². The molecule has 1 saturated heterocycles. The summed E-state index contributed by atoms with van der Waals surface area (Å²) in [4.78, 5) is 33.2. The Morgan fingerprint density at radius 3 is 2.46 bits per heavy atom. The number of aryl methyl sites for hydroxylation is 1. The minimum absolute atomic E-state index is 0.297. The number of ether oxygens (including phenoxy) is 1. The number of hydrogen-bond donors (Lipinski definition) is 0. The zero-order valence-corrected chi connectivity index (χ0v) is 24.7. The van der Waals surface area contributed by atoms with Crippen LogP contribution in [0.3, 0.4) is 0 Å². The molecule has 0 radical (unpaired) electrons. The number of halogens is 1. The standard InChI is InChI=1S/C29H33FN8O2S/c1-6-22-25(37(7-2)27-34-24(23(16-31)41-27)19-8-10-20(30)11-9-19)38-18-21(17-32-26(38)33-22)35-12-14-36(15-13-35)28(39)40-29(3,4)5/h8-11,17-18H,6-7,12-15H2,1-5H3. The lowest BCUT2D eigenvalue weighted by Gasteiger charge is -2.36. The van der Waals surface area contributed by atoms with Crippen LogP contribution < -0.4 is 9.80 Å². The van der Waals surface area contributed by atoms with Crippen LogP contribution >= 0.6 is 11.3 Å². The van der Waals surface area contributed by atoms with Gasteiger partial charge in [-0.15, -0.1) is 0 Å². The van der Waals surface area contributed by atoms with E-state index in [1.807, 2.05) is 56.3 Å². The molecule has 1 fully saturated rings. The van der Waals surface area contributed by atoms with Gasteiger partial charge < -0.3 is 19.4 Å². The van der Waals surface area contributed by atoms with Crippen LogP contribution in [-0.2, 0) is 11.2 Å². The number of carbonyl (C=O) groups is 1. The zero-order valence-electron chi connectivity index (χ0n) is 23.9. The first kappa shape index (κ1) is 28.3. The third kappa shape index (κ3) is 5.81. The summed E-state index contributed by atoms with van der Waals surface area (Å²) < 4.78 is 21.0. The van der Waals surface area contributed by atoms with Crippen LogP contribution in [0.2, 0.25) is 0 Å². The van der Waals surface area contributed by atoms with E-state index in [-0.39, 0.29) is 11.9 Å². The number of thiazole rings is 1. The first-order valence-corrected chi connectivity index (χ1v) is 14.5.